The first-order valence-electron chi connectivity index (χ1n) is 10.1. The van der Waals surface area contributed by atoms with E-state index in [-0.39, 0.29) is 23.7 Å². The van der Waals surface area contributed by atoms with Gasteiger partial charge < -0.3 is 24.8 Å². The van der Waals surface area contributed by atoms with Crippen LogP contribution < -0.4 is 10.2 Å². The van der Waals surface area contributed by atoms with Gasteiger partial charge in [-0.1, -0.05) is 0 Å². The molecule has 1 aromatic heterocycles. The van der Waals surface area contributed by atoms with Gasteiger partial charge in [0, 0.05) is 64.8 Å². The minimum absolute atomic E-state index is 0.123. The van der Waals surface area contributed by atoms with Crippen molar-refractivity contribution in [2.24, 2.45) is 11.8 Å². The highest BCUT2D eigenvalue weighted by Crippen LogP contribution is 2.22. The zero-order valence-corrected chi connectivity index (χ0v) is 16.1. The lowest BCUT2D eigenvalue weighted by Gasteiger charge is -2.39. The maximum atomic E-state index is 13.0. The number of hydrogen-bond donors (Lipinski definition) is 1. The molecule has 0 radical (unpaired) electrons. The molecule has 4 heterocycles. The van der Waals surface area contributed by atoms with E-state index in [0.29, 0.717) is 58.9 Å². The van der Waals surface area contributed by atoms with Crippen LogP contribution in [0.2, 0.25) is 0 Å². The number of anilines is 1. The average Bonchev–Trinajstić information content (AvgIpc) is 2.79. The molecule has 9 heteroatoms. The molecule has 3 aliphatic rings. The van der Waals surface area contributed by atoms with E-state index in [4.69, 9.17) is 4.74 Å². The number of morpholine rings is 1. The Labute approximate surface area is 165 Å². The number of rotatable bonds is 3. The Morgan fingerprint density at radius 3 is 2.18 bits per heavy atom. The number of aromatic nitrogens is 2. The molecule has 9 nitrogen and oxygen atoms in total. The molecule has 4 rings (SSSR count). The Morgan fingerprint density at radius 1 is 0.929 bits per heavy atom. The topological polar surface area (TPSA) is 90.9 Å². The second kappa shape index (κ2) is 8.83. The third kappa shape index (κ3) is 4.25. The summed E-state index contributed by atoms with van der Waals surface area (Å²) in [7, 11) is 0. The Morgan fingerprint density at radius 2 is 1.57 bits per heavy atom. The highest BCUT2D eigenvalue weighted by Gasteiger charge is 2.36. The number of piperazine rings is 1. The summed E-state index contributed by atoms with van der Waals surface area (Å²) in [4.78, 5) is 40.2. The zero-order chi connectivity index (χ0) is 19.3. The molecule has 0 saturated carbocycles. The van der Waals surface area contributed by atoms with E-state index in [9.17, 15) is 9.59 Å². The first-order chi connectivity index (χ1) is 13.7. The lowest BCUT2D eigenvalue weighted by atomic mass is 9.88. The van der Waals surface area contributed by atoms with E-state index in [1.807, 2.05) is 9.80 Å². The second-order valence-corrected chi connectivity index (χ2v) is 7.60. The van der Waals surface area contributed by atoms with Crippen molar-refractivity contribution in [1.82, 2.24) is 25.1 Å². The maximum Gasteiger partial charge on any atom is 0.227 e. The largest absolute Gasteiger partial charge is 0.378 e. The minimum Gasteiger partial charge on any atom is -0.378 e. The first-order valence-corrected chi connectivity index (χ1v) is 10.1. The van der Waals surface area contributed by atoms with Crippen molar-refractivity contribution in [3.05, 3.63) is 18.6 Å². The fourth-order valence-corrected chi connectivity index (χ4v) is 4.23. The van der Waals surface area contributed by atoms with Crippen molar-refractivity contribution in [2.75, 3.05) is 70.5 Å². The van der Waals surface area contributed by atoms with Gasteiger partial charge in [-0.15, -0.1) is 0 Å². The second-order valence-electron chi connectivity index (χ2n) is 7.60. The van der Waals surface area contributed by atoms with Crippen molar-refractivity contribution < 1.29 is 14.3 Å². The Bertz CT molecular complexity index is 674. The van der Waals surface area contributed by atoms with Crippen LogP contribution in [-0.4, -0.2) is 97.2 Å². The number of amides is 2. The molecule has 0 spiro atoms. The van der Waals surface area contributed by atoms with Crippen LogP contribution in [0.4, 0.5) is 5.82 Å². The van der Waals surface area contributed by atoms with E-state index >= 15 is 0 Å². The van der Waals surface area contributed by atoms with Crippen molar-refractivity contribution in [1.29, 1.82) is 0 Å². The van der Waals surface area contributed by atoms with Gasteiger partial charge in [-0.3, -0.25) is 14.6 Å². The number of ether oxygens (including phenoxy) is 1. The van der Waals surface area contributed by atoms with Gasteiger partial charge >= 0.3 is 0 Å². The van der Waals surface area contributed by atoms with Gasteiger partial charge in [-0.25, -0.2) is 4.98 Å². The molecule has 3 saturated heterocycles. The van der Waals surface area contributed by atoms with Gasteiger partial charge in [0.1, 0.15) is 5.82 Å². The number of nitrogens with zero attached hydrogens (tertiary/aromatic N) is 5. The van der Waals surface area contributed by atoms with Crippen molar-refractivity contribution in [3.8, 4) is 0 Å². The van der Waals surface area contributed by atoms with Gasteiger partial charge in [-0.05, 0) is 6.42 Å². The number of carbonyl (C=O) groups is 2. The van der Waals surface area contributed by atoms with E-state index in [1.54, 1.807) is 18.6 Å². The van der Waals surface area contributed by atoms with Crippen LogP contribution in [0.3, 0.4) is 0 Å². The molecular weight excluding hydrogens is 360 g/mol. The molecule has 1 N–H and O–H groups in total. The van der Waals surface area contributed by atoms with Gasteiger partial charge in [-0.2, -0.15) is 0 Å². The van der Waals surface area contributed by atoms with Crippen LogP contribution >= 0.6 is 0 Å². The lowest BCUT2D eigenvalue weighted by molar-refractivity contribution is -0.143. The summed E-state index contributed by atoms with van der Waals surface area (Å²) >= 11 is 0. The van der Waals surface area contributed by atoms with Gasteiger partial charge in [0.25, 0.3) is 0 Å². The fourth-order valence-electron chi connectivity index (χ4n) is 4.23. The maximum absolute atomic E-state index is 13.0. The summed E-state index contributed by atoms with van der Waals surface area (Å²) in [6, 6.07) is 0. The Kier molecular flexibility index (Phi) is 6.01. The molecule has 0 unspecified atom stereocenters. The van der Waals surface area contributed by atoms with Crippen LogP contribution in [0.5, 0.6) is 0 Å². The molecule has 3 fully saturated rings. The minimum atomic E-state index is -0.133. The van der Waals surface area contributed by atoms with Crippen molar-refractivity contribution >= 4 is 17.6 Å². The summed E-state index contributed by atoms with van der Waals surface area (Å²) in [6.07, 6.45) is 5.73. The highest BCUT2D eigenvalue weighted by atomic mass is 16.5. The van der Waals surface area contributed by atoms with Crippen LogP contribution in [-0.2, 0) is 14.3 Å². The third-order valence-electron chi connectivity index (χ3n) is 5.84. The molecule has 28 heavy (non-hydrogen) atoms. The number of hydrogen-bond acceptors (Lipinski definition) is 7. The number of piperidine rings is 1. The van der Waals surface area contributed by atoms with Crippen molar-refractivity contribution in [3.63, 3.8) is 0 Å². The van der Waals surface area contributed by atoms with Crippen molar-refractivity contribution in [2.45, 2.75) is 6.42 Å². The van der Waals surface area contributed by atoms with Gasteiger partial charge in [0.15, 0.2) is 0 Å². The molecule has 2 atom stereocenters. The van der Waals surface area contributed by atoms with E-state index in [1.165, 1.54) is 0 Å². The molecular formula is C19H28N6O3. The normalized spacial score (nSPS) is 26.2. The van der Waals surface area contributed by atoms with Gasteiger partial charge in [0.2, 0.25) is 11.8 Å². The first kappa shape index (κ1) is 19.1. The highest BCUT2D eigenvalue weighted by molar-refractivity contribution is 5.83. The number of carbonyl (C=O) groups excluding carboxylic acids is 2. The molecule has 3 aliphatic heterocycles. The summed E-state index contributed by atoms with van der Waals surface area (Å²) in [5.41, 5.74) is 0. The third-order valence-corrected chi connectivity index (χ3v) is 5.84. The zero-order valence-electron chi connectivity index (χ0n) is 16.1. The average molecular weight is 388 g/mol. The summed E-state index contributed by atoms with van der Waals surface area (Å²) in [5, 5.41) is 3.30. The monoisotopic (exact) mass is 388 g/mol. The SMILES string of the molecule is O=C([C@@H]1CNC[C@H](C(=O)N2CCOCC2)C1)N1CCN(c2cnccn2)CC1. The molecule has 152 valence electrons. The van der Waals surface area contributed by atoms with E-state index in [2.05, 4.69) is 20.2 Å². The van der Waals surface area contributed by atoms with Crippen LogP contribution in [0, 0.1) is 11.8 Å². The van der Waals surface area contributed by atoms with Gasteiger partial charge in [0.05, 0.1) is 31.2 Å². The molecule has 2 amide bonds. The molecule has 0 aromatic carbocycles. The van der Waals surface area contributed by atoms with Crippen LogP contribution in [0.25, 0.3) is 0 Å². The standard InChI is InChI=1S/C19H28N6O3/c26-18(24-5-3-23(4-6-24)17-14-20-1-2-22-17)15-11-16(13-21-12-15)19(27)25-7-9-28-10-8-25/h1-2,14-16,21H,3-13H2/t15-,16+/m0/s1. The number of nitrogens with one attached hydrogen (secondary N) is 1. The van der Waals surface area contributed by atoms with E-state index < -0.39 is 0 Å². The quantitative estimate of drug-likeness (QED) is 0.726. The smallest absolute Gasteiger partial charge is 0.227 e. The Hall–Kier alpha value is -2.26. The van der Waals surface area contributed by atoms with E-state index in [0.717, 1.165) is 18.9 Å². The molecule has 0 bridgehead atoms. The van der Waals surface area contributed by atoms with Crippen LogP contribution in [0.1, 0.15) is 6.42 Å². The molecule has 1 aromatic rings. The van der Waals surface area contributed by atoms with Crippen LogP contribution in [0.15, 0.2) is 18.6 Å². The predicted molar refractivity (Wildman–Crippen MR) is 103 cm³/mol. The predicted octanol–water partition coefficient (Wildman–Crippen LogP) is -0.790. The summed E-state index contributed by atoms with van der Waals surface area (Å²) < 4.78 is 5.33. The fraction of sp³-hybridized carbons (Fsp3) is 0.684. The summed E-state index contributed by atoms with van der Waals surface area (Å²) in [5.74, 6) is 0.908. The molecule has 0 aliphatic carbocycles. The lowest BCUT2D eigenvalue weighted by Crippen LogP contribution is -2.55. The Balaban J connectivity index is 1.30. The summed E-state index contributed by atoms with van der Waals surface area (Å²) in [6.45, 7) is 6.66.